The lowest BCUT2D eigenvalue weighted by atomic mass is 10.1. The van der Waals surface area contributed by atoms with Crippen LogP contribution in [0.5, 0.6) is 0 Å². The molecule has 1 aromatic rings. The Balaban J connectivity index is 2.32. The highest BCUT2D eigenvalue weighted by molar-refractivity contribution is 7.43. The third-order valence-electron chi connectivity index (χ3n) is 2.85. The van der Waals surface area contributed by atoms with Crippen molar-refractivity contribution in [1.82, 2.24) is 0 Å². The number of aliphatic hydroxyl groups is 3. The highest BCUT2D eigenvalue weighted by Gasteiger charge is 2.25. The molecule has 0 aliphatic heterocycles. The Morgan fingerprint density at radius 1 is 1.29 bits per heavy atom. The van der Waals surface area contributed by atoms with Crippen molar-refractivity contribution in [3.8, 4) is 0 Å². The van der Waals surface area contributed by atoms with Gasteiger partial charge in [0, 0.05) is 6.42 Å². The minimum atomic E-state index is -1.39. The van der Waals surface area contributed by atoms with E-state index in [0.717, 1.165) is 11.8 Å². The van der Waals surface area contributed by atoms with Gasteiger partial charge in [-0.3, -0.25) is 0 Å². The molecule has 0 aliphatic rings. The van der Waals surface area contributed by atoms with Crippen LogP contribution in [-0.2, 0) is 16.0 Å². The first kappa shape index (κ1) is 17.7. The molecule has 0 radical (unpaired) electrons. The third kappa shape index (κ3) is 7.29. The molecule has 0 spiro atoms. The molecule has 4 atom stereocenters. The Bertz CT molecular complexity index is 454. The summed E-state index contributed by atoms with van der Waals surface area (Å²) in [6.45, 7) is 1.79. The van der Waals surface area contributed by atoms with Gasteiger partial charge in [0.2, 0.25) is 0 Å². The van der Waals surface area contributed by atoms with Gasteiger partial charge in [-0.05, 0) is 5.56 Å². The van der Waals surface area contributed by atoms with Gasteiger partial charge in [-0.2, -0.15) is 0 Å². The second-order valence-corrected chi connectivity index (χ2v) is 6.41. The second kappa shape index (κ2) is 9.58. The van der Waals surface area contributed by atoms with Crippen molar-refractivity contribution >= 4 is 14.0 Å². The van der Waals surface area contributed by atoms with Crippen LogP contribution in [0.15, 0.2) is 35.5 Å². The van der Waals surface area contributed by atoms with Crippen molar-refractivity contribution in [2.45, 2.75) is 31.3 Å². The van der Waals surface area contributed by atoms with Gasteiger partial charge in [-0.1, -0.05) is 40.1 Å². The summed E-state index contributed by atoms with van der Waals surface area (Å²) in [6.07, 6.45) is -2.40. The molecule has 6 nitrogen and oxygen atoms in total. The van der Waals surface area contributed by atoms with Gasteiger partial charge < -0.3 is 20.2 Å². The fourth-order valence-electron chi connectivity index (χ4n) is 1.59. The van der Waals surface area contributed by atoms with E-state index in [4.69, 9.17) is 4.84 Å². The Morgan fingerprint density at radius 3 is 2.57 bits per heavy atom. The van der Waals surface area contributed by atoms with Crippen molar-refractivity contribution in [3.63, 3.8) is 0 Å². The van der Waals surface area contributed by atoms with Gasteiger partial charge in [0.15, 0.2) is 0 Å². The minimum Gasteiger partial charge on any atom is -0.391 e. The summed E-state index contributed by atoms with van der Waals surface area (Å²) < 4.78 is 10.9. The lowest BCUT2D eigenvalue weighted by Crippen LogP contribution is -2.38. The molecule has 0 saturated heterocycles. The Hall–Kier alpha value is -1.33. The summed E-state index contributed by atoms with van der Waals surface area (Å²) in [5.41, 5.74) is 0.927. The molecule has 0 heterocycles. The third-order valence-corrected chi connectivity index (χ3v) is 3.73. The van der Waals surface area contributed by atoms with Crippen LogP contribution < -0.4 is 0 Å². The minimum absolute atomic E-state index is 0.155. The lowest BCUT2D eigenvalue weighted by molar-refractivity contribution is -0.0345. The molecule has 3 N–H and O–H groups in total. The van der Waals surface area contributed by atoms with Crippen molar-refractivity contribution in [2.75, 3.05) is 12.8 Å². The Labute approximate surface area is 124 Å². The average molecular weight is 314 g/mol. The molecule has 1 aromatic carbocycles. The van der Waals surface area contributed by atoms with Crippen LogP contribution in [0.2, 0.25) is 0 Å². The van der Waals surface area contributed by atoms with Gasteiger partial charge in [-0.25, -0.2) is 0 Å². The SMILES string of the molecule is C[P+](=O)CC[C@@H](O)[C@@H](O)[C@@H](O)C=NOCc1ccccc1. The number of nitrogens with zero attached hydrogens (tertiary/aromatic N) is 1. The molecule has 1 rings (SSSR count). The topological polar surface area (TPSA) is 99.4 Å². The molecule has 116 valence electrons. The molecule has 21 heavy (non-hydrogen) atoms. The first-order valence-corrected chi connectivity index (χ1v) is 8.51. The van der Waals surface area contributed by atoms with E-state index in [2.05, 4.69) is 5.16 Å². The van der Waals surface area contributed by atoms with Gasteiger partial charge in [0.1, 0.15) is 31.6 Å². The zero-order valence-electron chi connectivity index (χ0n) is 11.9. The van der Waals surface area contributed by atoms with Crippen molar-refractivity contribution in [2.24, 2.45) is 5.16 Å². The molecule has 0 aromatic heterocycles. The van der Waals surface area contributed by atoms with Gasteiger partial charge in [-0.15, -0.1) is 0 Å². The molecule has 1 unspecified atom stereocenters. The molecular weight excluding hydrogens is 293 g/mol. The summed E-state index contributed by atoms with van der Waals surface area (Å²) in [5.74, 6) is 0. The number of benzene rings is 1. The smallest absolute Gasteiger partial charge is 0.335 e. The van der Waals surface area contributed by atoms with Crippen LogP contribution in [0.4, 0.5) is 0 Å². The van der Waals surface area contributed by atoms with E-state index in [9.17, 15) is 19.9 Å². The molecule has 0 saturated carbocycles. The molecule has 0 bridgehead atoms. The fraction of sp³-hybridized carbons (Fsp3) is 0.500. The molecule has 0 aliphatic carbocycles. The fourth-order valence-corrected chi connectivity index (χ4v) is 2.22. The largest absolute Gasteiger partial charge is 0.391 e. The van der Waals surface area contributed by atoms with E-state index >= 15 is 0 Å². The average Bonchev–Trinajstić information content (AvgIpc) is 2.49. The van der Waals surface area contributed by atoms with Crippen molar-refractivity contribution in [3.05, 3.63) is 35.9 Å². The molecule has 0 amide bonds. The van der Waals surface area contributed by atoms with E-state index < -0.39 is 26.1 Å². The summed E-state index contributed by atoms with van der Waals surface area (Å²) in [5, 5.41) is 32.5. The molecule has 0 fully saturated rings. The van der Waals surface area contributed by atoms with Gasteiger partial charge >= 0.3 is 7.80 Å². The van der Waals surface area contributed by atoms with Crippen LogP contribution in [0.1, 0.15) is 12.0 Å². The monoisotopic (exact) mass is 314 g/mol. The zero-order valence-corrected chi connectivity index (χ0v) is 12.8. The van der Waals surface area contributed by atoms with E-state index in [1.54, 1.807) is 6.66 Å². The maximum absolute atomic E-state index is 10.9. The van der Waals surface area contributed by atoms with Crippen molar-refractivity contribution < 1.29 is 24.7 Å². The van der Waals surface area contributed by atoms with Gasteiger partial charge in [0.25, 0.3) is 0 Å². The maximum atomic E-state index is 10.9. The van der Waals surface area contributed by atoms with Crippen LogP contribution in [0.25, 0.3) is 0 Å². The number of aliphatic hydroxyl groups excluding tert-OH is 3. The predicted molar refractivity (Wildman–Crippen MR) is 80.8 cm³/mol. The Morgan fingerprint density at radius 2 is 1.95 bits per heavy atom. The van der Waals surface area contributed by atoms with E-state index in [-0.39, 0.29) is 13.0 Å². The summed E-state index contributed by atoms with van der Waals surface area (Å²) in [6, 6.07) is 9.37. The molecule has 7 heteroatoms. The second-order valence-electron chi connectivity index (χ2n) is 4.70. The summed E-state index contributed by atoms with van der Waals surface area (Å²) in [4.78, 5) is 4.99. The highest BCUT2D eigenvalue weighted by Crippen LogP contribution is 2.17. The standard InChI is InChI=1S/C14H21NO5P/c1-21(19)8-7-12(16)14(18)13(17)9-15-20-10-11-5-3-2-4-6-11/h2-6,9,12-14,16-18H,7-8,10H2,1H3/q+1/t12-,13+,14-/m1/s1. The number of oxime groups is 1. The predicted octanol–water partition coefficient (Wildman–Crippen LogP) is 1.12. The first-order valence-electron chi connectivity index (χ1n) is 6.62. The summed E-state index contributed by atoms with van der Waals surface area (Å²) >= 11 is 0. The van der Waals surface area contributed by atoms with Crippen LogP contribution in [0.3, 0.4) is 0 Å². The first-order chi connectivity index (χ1) is 10.0. The highest BCUT2D eigenvalue weighted by atomic mass is 31.1. The normalized spacial score (nSPS) is 16.5. The maximum Gasteiger partial charge on any atom is 0.335 e. The van der Waals surface area contributed by atoms with E-state index in [1.165, 1.54) is 0 Å². The number of rotatable bonds is 9. The summed E-state index contributed by atoms with van der Waals surface area (Å²) in [7, 11) is -1.38. The van der Waals surface area contributed by atoms with Gasteiger partial charge in [0.05, 0.1) is 12.3 Å². The van der Waals surface area contributed by atoms with E-state index in [1.807, 2.05) is 30.3 Å². The zero-order chi connectivity index (χ0) is 15.7. The van der Waals surface area contributed by atoms with Crippen LogP contribution >= 0.6 is 7.80 Å². The number of hydrogen-bond acceptors (Lipinski definition) is 6. The molecular formula is C14H21NO5P+. The van der Waals surface area contributed by atoms with Crippen LogP contribution in [0, 0.1) is 0 Å². The van der Waals surface area contributed by atoms with E-state index in [0.29, 0.717) is 6.16 Å². The number of hydrogen-bond donors (Lipinski definition) is 3. The van der Waals surface area contributed by atoms with Crippen molar-refractivity contribution in [1.29, 1.82) is 0 Å². The lowest BCUT2D eigenvalue weighted by Gasteiger charge is -2.18. The van der Waals surface area contributed by atoms with Crippen LogP contribution in [-0.4, -0.2) is 52.7 Å². The quantitative estimate of drug-likeness (QED) is 0.360. The Kier molecular flexibility index (Phi) is 8.08.